The highest BCUT2D eigenvalue weighted by Crippen LogP contribution is 2.04. The molecule has 0 bridgehead atoms. The number of aryl methyl sites for hydroxylation is 1. The first kappa shape index (κ1) is 13.2. The van der Waals surface area contributed by atoms with Gasteiger partial charge in [0, 0.05) is 25.5 Å². The predicted octanol–water partition coefficient (Wildman–Crippen LogP) is 1.33. The van der Waals surface area contributed by atoms with Crippen LogP contribution in [0.3, 0.4) is 0 Å². The standard InChI is InChI=1S/C12H18N4O/c1-2-5-11(10-13)12(17)14-6-3-8-16-9-4-7-15-16/h4,7,9,11H,2-3,5-6,8H2,1H3,(H,14,17). The molecule has 1 N–H and O–H groups in total. The van der Waals surface area contributed by atoms with E-state index in [4.69, 9.17) is 5.26 Å². The summed E-state index contributed by atoms with van der Waals surface area (Å²) in [5.74, 6) is -0.667. The van der Waals surface area contributed by atoms with Crippen molar-refractivity contribution >= 4 is 5.91 Å². The van der Waals surface area contributed by atoms with Crippen LogP contribution in [0.15, 0.2) is 18.5 Å². The first-order chi connectivity index (χ1) is 8.27. The van der Waals surface area contributed by atoms with Crippen molar-refractivity contribution in [3.8, 4) is 6.07 Å². The van der Waals surface area contributed by atoms with E-state index in [1.807, 2.05) is 29.9 Å². The Bertz CT molecular complexity index is 366. The smallest absolute Gasteiger partial charge is 0.237 e. The number of nitrogens with one attached hydrogen (secondary N) is 1. The average molecular weight is 234 g/mol. The van der Waals surface area contributed by atoms with Gasteiger partial charge in [0.05, 0.1) is 6.07 Å². The number of nitrogens with zero attached hydrogens (tertiary/aromatic N) is 3. The minimum atomic E-state index is -0.510. The fourth-order valence-electron chi connectivity index (χ4n) is 1.55. The summed E-state index contributed by atoms with van der Waals surface area (Å²) in [6.07, 6.45) is 5.90. The summed E-state index contributed by atoms with van der Waals surface area (Å²) in [4.78, 5) is 11.6. The minimum Gasteiger partial charge on any atom is -0.355 e. The Labute approximate surface area is 101 Å². The maximum absolute atomic E-state index is 11.6. The van der Waals surface area contributed by atoms with Gasteiger partial charge < -0.3 is 5.32 Å². The van der Waals surface area contributed by atoms with Gasteiger partial charge in [-0.15, -0.1) is 0 Å². The lowest BCUT2D eigenvalue weighted by Gasteiger charge is -2.09. The fourth-order valence-corrected chi connectivity index (χ4v) is 1.55. The molecular formula is C12H18N4O. The zero-order valence-corrected chi connectivity index (χ0v) is 10.1. The monoisotopic (exact) mass is 234 g/mol. The Hall–Kier alpha value is -1.83. The van der Waals surface area contributed by atoms with Crippen LogP contribution < -0.4 is 5.32 Å². The molecule has 0 aromatic carbocycles. The Morgan fingerprint density at radius 1 is 1.65 bits per heavy atom. The normalized spacial score (nSPS) is 11.8. The molecule has 0 aliphatic heterocycles. The summed E-state index contributed by atoms with van der Waals surface area (Å²) >= 11 is 0. The Kier molecular flexibility index (Phi) is 5.80. The number of nitriles is 1. The van der Waals surface area contributed by atoms with E-state index in [0.717, 1.165) is 19.4 Å². The largest absolute Gasteiger partial charge is 0.355 e. The Morgan fingerprint density at radius 2 is 2.47 bits per heavy atom. The molecule has 0 saturated carbocycles. The topological polar surface area (TPSA) is 70.7 Å². The molecule has 1 aromatic rings. The van der Waals surface area contributed by atoms with Crippen LogP contribution in [0.25, 0.3) is 0 Å². The van der Waals surface area contributed by atoms with E-state index in [0.29, 0.717) is 13.0 Å². The molecule has 5 heteroatoms. The molecule has 17 heavy (non-hydrogen) atoms. The third-order valence-corrected chi connectivity index (χ3v) is 2.47. The highest BCUT2D eigenvalue weighted by molar-refractivity contribution is 5.80. The summed E-state index contributed by atoms with van der Waals surface area (Å²) in [6.45, 7) is 3.33. The Morgan fingerprint density at radius 3 is 3.06 bits per heavy atom. The molecule has 0 fully saturated rings. The zero-order valence-electron chi connectivity index (χ0n) is 10.1. The second-order valence-electron chi connectivity index (χ2n) is 3.88. The summed E-state index contributed by atoms with van der Waals surface area (Å²) in [7, 11) is 0. The van der Waals surface area contributed by atoms with E-state index in [1.54, 1.807) is 6.20 Å². The maximum atomic E-state index is 11.6. The number of hydrogen-bond acceptors (Lipinski definition) is 3. The lowest BCUT2D eigenvalue weighted by atomic mass is 10.1. The molecule has 0 aliphatic carbocycles. The van der Waals surface area contributed by atoms with E-state index in [-0.39, 0.29) is 5.91 Å². The van der Waals surface area contributed by atoms with Gasteiger partial charge >= 0.3 is 0 Å². The van der Waals surface area contributed by atoms with Gasteiger partial charge in [-0.25, -0.2) is 0 Å². The van der Waals surface area contributed by atoms with Crippen molar-refractivity contribution in [1.29, 1.82) is 5.26 Å². The number of carbonyl (C=O) groups excluding carboxylic acids is 1. The predicted molar refractivity (Wildman–Crippen MR) is 63.9 cm³/mol. The van der Waals surface area contributed by atoms with Crippen LogP contribution in [-0.2, 0) is 11.3 Å². The molecule has 0 aliphatic rings. The van der Waals surface area contributed by atoms with Crippen molar-refractivity contribution in [3.63, 3.8) is 0 Å². The second-order valence-corrected chi connectivity index (χ2v) is 3.88. The quantitative estimate of drug-likeness (QED) is 0.723. The van der Waals surface area contributed by atoms with Gasteiger partial charge in [-0.05, 0) is 18.9 Å². The molecular weight excluding hydrogens is 216 g/mol. The number of carbonyl (C=O) groups is 1. The third kappa shape index (κ3) is 4.68. The first-order valence-corrected chi connectivity index (χ1v) is 5.92. The van der Waals surface area contributed by atoms with Gasteiger partial charge in [0.2, 0.25) is 5.91 Å². The maximum Gasteiger partial charge on any atom is 0.237 e. The number of aromatic nitrogens is 2. The summed E-state index contributed by atoms with van der Waals surface area (Å²) in [6, 6.07) is 3.89. The zero-order chi connectivity index (χ0) is 12.5. The van der Waals surface area contributed by atoms with E-state index in [9.17, 15) is 4.79 Å². The molecule has 1 amide bonds. The van der Waals surface area contributed by atoms with Crippen LogP contribution in [0.1, 0.15) is 26.2 Å². The molecule has 1 heterocycles. The second kappa shape index (κ2) is 7.44. The SMILES string of the molecule is CCCC(C#N)C(=O)NCCCn1cccn1. The van der Waals surface area contributed by atoms with E-state index < -0.39 is 5.92 Å². The van der Waals surface area contributed by atoms with E-state index in [2.05, 4.69) is 10.4 Å². The highest BCUT2D eigenvalue weighted by atomic mass is 16.1. The van der Waals surface area contributed by atoms with Gasteiger partial charge in [-0.2, -0.15) is 10.4 Å². The molecule has 0 spiro atoms. The van der Waals surface area contributed by atoms with Crippen LogP contribution in [0.4, 0.5) is 0 Å². The van der Waals surface area contributed by atoms with Crippen molar-refractivity contribution in [2.75, 3.05) is 6.54 Å². The fraction of sp³-hybridized carbons (Fsp3) is 0.583. The molecule has 0 radical (unpaired) electrons. The van der Waals surface area contributed by atoms with Crippen molar-refractivity contribution in [1.82, 2.24) is 15.1 Å². The molecule has 1 rings (SSSR count). The molecule has 1 atom stereocenters. The van der Waals surface area contributed by atoms with Gasteiger partial charge in [0.15, 0.2) is 0 Å². The van der Waals surface area contributed by atoms with Gasteiger partial charge in [0.25, 0.3) is 0 Å². The lowest BCUT2D eigenvalue weighted by Crippen LogP contribution is -2.31. The molecule has 1 aromatic heterocycles. The third-order valence-electron chi connectivity index (χ3n) is 2.47. The van der Waals surface area contributed by atoms with Crippen LogP contribution in [0.5, 0.6) is 0 Å². The number of rotatable bonds is 7. The van der Waals surface area contributed by atoms with Crippen LogP contribution >= 0.6 is 0 Å². The van der Waals surface area contributed by atoms with Gasteiger partial charge in [-0.1, -0.05) is 13.3 Å². The van der Waals surface area contributed by atoms with E-state index >= 15 is 0 Å². The number of hydrogen-bond donors (Lipinski definition) is 1. The minimum absolute atomic E-state index is 0.158. The van der Waals surface area contributed by atoms with Gasteiger partial charge in [-0.3, -0.25) is 9.48 Å². The van der Waals surface area contributed by atoms with Gasteiger partial charge in [0.1, 0.15) is 5.92 Å². The van der Waals surface area contributed by atoms with Crippen molar-refractivity contribution < 1.29 is 4.79 Å². The van der Waals surface area contributed by atoms with Crippen molar-refractivity contribution in [2.24, 2.45) is 5.92 Å². The van der Waals surface area contributed by atoms with E-state index in [1.165, 1.54) is 0 Å². The van der Waals surface area contributed by atoms with Crippen molar-refractivity contribution in [3.05, 3.63) is 18.5 Å². The average Bonchev–Trinajstić information content (AvgIpc) is 2.84. The Balaban J connectivity index is 2.17. The first-order valence-electron chi connectivity index (χ1n) is 5.92. The number of amides is 1. The summed E-state index contributed by atoms with van der Waals surface area (Å²) in [5, 5.41) is 15.7. The highest BCUT2D eigenvalue weighted by Gasteiger charge is 2.15. The molecule has 1 unspecified atom stereocenters. The van der Waals surface area contributed by atoms with Crippen LogP contribution in [-0.4, -0.2) is 22.2 Å². The van der Waals surface area contributed by atoms with Crippen molar-refractivity contribution in [2.45, 2.75) is 32.7 Å². The summed E-state index contributed by atoms with van der Waals surface area (Å²) < 4.78 is 1.82. The van der Waals surface area contributed by atoms with Crippen LogP contribution in [0.2, 0.25) is 0 Å². The lowest BCUT2D eigenvalue weighted by molar-refractivity contribution is -0.123. The molecule has 5 nitrogen and oxygen atoms in total. The molecule has 92 valence electrons. The van der Waals surface area contributed by atoms with Crippen LogP contribution in [0, 0.1) is 17.2 Å². The summed E-state index contributed by atoms with van der Waals surface area (Å²) in [5.41, 5.74) is 0. The molecule has 0 saturated heterocycles.